The van der Waals surface area contributed by atoms with E-state index in [9.17, 15) is 4.79 Å². The van der Waals surface area contributed by atoms with Gasteiger partial charge in [-0.15, -0.1) is 0 Å². The summed E-state index contributed by atoms with van der Waals surface area (Å²) >= 11 is 0. The zero-order valence-electron chi connectivity index (χ0n) is 12.2. The second-order valence-electron chi connectivity index (χ2n) is 5.72. The fourth-order valence-electron chi connectivity index (χ4n) is 1.80. The highest BCUT2D eigenvalue weighted by Gasteiger charge is 2.21. The van der Waals surface area contributed by atoms with E-state index in [4.69, 9.17) is 10.5 Å². The Hall–Kier alpha value is -1.55. The van der Waals surface area contributed by atoms with Crippen LogP contribution in [0.25, 0.3) is 0 Å². The molecule has 1 aromatic rings. The van der Waals surface area contributed by atoms with Crippen molar-refractivity contribution in [3.63, 3.8) is 0 Å². The average Bonchev–Trinajstić information content (AvgIpc) is 2.34. The Balaban J connectivity index is 2.67. The molecule has 0 aliphatic rings. The number of amides is 1. The standard InChI is InChI=1S/C15H24N2O2/c1-15(2,3)17-14(18)12(10-16)9-11-5-7-13(19-4)8-6-11/h5-8,12H,9-10,16H2,1-4H3,(H,17,18). The van der Waals surface area contributed by atoms with Crippen LogP contribution in [0.3, 0.4) is 0 Å². The highest BCUT2D eigenvalue weighted by molar-refractivity contribution is 5.79. The van der Waals surface area contributed by atoms with Crippen molar-refractivity contribution in [3.05, 3.63) is 29.8 Å². The van der Waals surface area contributed by atoms with Gasteiger partial charge in [0, 0.05) is 12.1 Å². The molecule has 1 aromatic carbocycles. The predicted molar refractivity (Wildman–Crippen MR) is 77.1 cm³/mol. The lowest BCUT2D eigenvalue weighted by atomic mass is 9.97. The molecule has 4 heteroatoms. The van der Waals surface area contributed by atoms with E-state index in [1.165, 1.54) is 0 Å². The van der Waals surface area contributed by atoms with Crippen LogP contribution in [-0.4, -0.2) is 25.1 Å². The molecule has 1 unspecified atom stereocenters. The second-order valence-corrected chi connectivity index (χ2v) is 5.72. The van der Waals surface area contributed by atoms with Crippen molar-refractivity contribution in [3.8, 4) is 5.75 Å². The largest absolute Gasteiger partial charge is 0.497 e. The number of rotatable bonds is 5. The molecule has 106 valence electrons. The second kappa shape index (κ2) is 6.57. The van der Waals surface area contributed by atoms with Crippen LogP contribution in [0.4, 0.5) is 0 Å². The lowest BCUT2D eigenvalue weighted by Gasteiger charge is -2.24. The Bertz CT molecular complexity index is 407. The van der Waals surface area contributed by atoms with E-state index < -0.39 is 0 Å². The number of benzene rings is 1. The molecule has 0 saturated heterocycles. The molecule has 0 aliphatic heterocycles. The van der Waals surface area contributed by atoms with E-state index in [1.807, 2.05) is 45.0 Å². The van der Waals surface area contributed by atoms with Crippen molar-refractivity contribution in [1.82, 2.24) is 5.32 Å². The Morgan fingerprint density at radius 1 is 1.32 bits per heavy atom. The Morgan fingerprint density at radius 3 is 2.32 bits per heavy atom. The number of nitrogens with two attached hydrogens (primary N) is 1. The molecule has 1 amide bonds. The minimum Gasteiger partial charge on any atom is -0.497 e. The molecule has 4 nitrogen and oxygen atoms in total. The van der Waals surface area contributed by atoms with Crippen LogP contribution in [-0.2, 0) is 11.2 Å². The Labute approximate surface area is 115 Å². The van der Waals surface area contributed by atoms with Gasteiger partial charge >= 0.3 is 0 Å². The molecule has 0 spiro atoms. The zero-order chi connectivity index (χ0) is 14.5. The first-order chi connectivity index (χ1) is 8.85. The van der Waals surface area contributed by atoms with E-state index >= 15 is 0 Å². The number of hydrogen-bond donors (Lipinski definition) is 2. The van der Waals surface area contributed by atoms with E-state index in [0.29, 0.717) is 13.0 Å². The third-order valence-corrected chi connectivity index (χ3v) is 2.79. The quantitative estimate of drug-likeness (QED) is 0.851. The minimum atomic E-state index is -0.232. The van der Waals surface area contributed by atoms with Crippen LogP contribution in [0, 0.1) is 5.92 Å². The minimum absolute atomic E-state index is 0.00539. The summed E-state index contributed by atoms with van der Waals surface area (Å²) in [6.07, 6.45) is 0.641. The summed E-state index contributed by atoms with van der Waals surface area (Å²) in [4.78, 5) is 12.1. The van der Waals surface area contributed by atoms with Crippen molar-refractivity contribution in [2.45, 2.75) is 32.7 Å². The number of ether oxygens (including phenoxy) is 1. The molecule has 0 fully saturated rings. The molecule has 19 heavy (non-hydrogen) atoms. The van der Waals surface area contributed by atoms with Gasteiger partial charge in [0.15, 0.2) is 0 Å². The van der Waals surface area contributed by atoms with Crippen molar-refractivity contribution >= 4 is 5.91 Å². The summed E-state index contributed by atoms with van der Waals surface area (Å²) < 4.78 is 5.11. The summed E-state index contributed by atoms with van der Waals surface area (Å²) in [6.45, 7) is 6.23. The SMILES string of the molecule is COc1ccc(CC(CN)C(=O)NC(C)(C)C)cc1. The summed E-state index contributed by atoms with van der Waals surface area (Å²) in [5, 5.41) is 2.97. The van der Waals surface area contributed by atoms with Crippen LogP contribution in [0.5, 0.6) is 5.75 Å². The molecule has 1 rings (SSSR count). The number of hydrogen-bond acceptors (Lipinski definition) is 3. The average molecular weight is 264 g/mol. The Kier molecular flexibility index (Phi) is 5.36. The molecule has 3 N–H and O–H groups in total. The molecule has 0 aliphatic carbocycles. The van der Waals surface area contributed by atoms with Gasteiger partial charge in [0.1, 0.15) is 5.75 Å². The maximum atomic E-state index is 12.1. The van der Waals surface area contributed by atoms with Gasteiger partial charge in [-0.3, -0.25) is 4.79 Å². The zero-order valence-corrected chi connectivity index (χ0v) is 12.2. The number of carbonyl (C=O) groups excluding carboxylic acids is 1. The van der Waals surface area contributed by atoms with Gasteiger partial charge in [-0.25, -0.2) is 0 Å². The third kappa shape index (κ3) is 5.30. The van der Waals surface area contributed by atoms with Crippen LogP contribution < -0.4 is 15.8 Å². The number of nitrogens with one attached hydrogen (secondary N) is 1. The van der Waals surface area contributed by atoms with Crippen molar-refractivity contribution < 1.29 is 9.53 Å². The maximum Gasteiger partial charge on any atom is 0.225 e. The normalized spacial score (nSPS) is 12.9. The summed E-state index contributed by atoms with van der Waals surface area (Å²) in [7, 11) is 1.63. The van der Waals surface area contributed by atoms with E-state index in [1.54, 1.807) is 7.11 Å². The van der Waals surface area contributed by atoms with E-state index in [0.717, 1.165) is 11.3 Å². The smallest absolute Gasteiger partial charge is 0.225 e. The molecule has 0 aromatic heterocycles. The van der Waals surface area contributed by atoms with Crippen LogP contribution >= 0.6 is 0 Å². The lowest BCUT2D eigenvalue weighted by Crippen LogP contribution is -2.46. The molecule has 0 radical (unpaired) electrons. The van der Waals surface area contributed by atoms with Gasteiger partial charge in [0.2, 0.25) is 5.91 Å². The molecule has 1 atom stereocenters. The van der Waals surface area contributed by atoms with E-state index in [-0.39, 0.29) is 17.4 Å². The van der Waals surface area contributed by atoms with Crippen molar-refractivity contribution in [1.29, 1.82) is 0 Å². The highest BCUT2D eigenvalue weighted by atomic mass is 16.5. The van der Waals surface area contributed by atoms with Crippen LogP contribution in [0.2, 0.25) is 0 Å². The summed E-state index contributed by atoms with van der Waals surface area (Å²) in [6, 6.07) is 7.72. The first kappa shape index (κ1) is 15.5. The van der Waals surface area contributed by atoms with E-state index in [2.05, 4.69) is 5.32 Å². The number of carbonyl (C=O) groups is 1. The molecular weight excluding hydrogens is 240 g/mol. The summed E-state index contributed by atoms with van der Waals surface area (Å²) in [5.74, 6) is 0.616. The molecule has 0 heterocycles. The molecule has 0 saturated carbocycles. The highest BCUT2D eigenvalue weighted by Crippen LogP contribution is 2.15. The molecule has 0 bridgehead atoms. The predicted octanol–water partition coefficient (Wildman–Crippen LogP) is 1.73. The Morgan fingerprint density at radius 2 is 1.89 bits per heavy atom. The monoisotopic (exact) mass is 264 g/mol. The van der Waals surface area contributed by atoms with Crippen molar-refractivity contribution in [2.75, 3.05) is 13.7 Å². The van der Waals surface area contributed by atoms with Gasteiger partial charge in [0.05, 0.1) is 13.0 Å². The van der Waals surface area contributed by atoms with Gasteiger partial charge < -0.3 is 15.8 Å². The third-order valence-electron chi connectivity index (χ3n) is 2.79. The lowest BCUT2D eigenvalue weighted by molar-refractivity contribution is -0.126. The summed E-state index contributed by atoms with van der Waals surface area (Å²) in [5.41, 5.74) is 6.56. The topological polar surface area (TPSA) is 64.3 Å². The first-order valence-corrected chi connectivity index (χ1v) is 6.50. The van der Waals surface area contributed by atoms with Crippen molar-refractivity contribution in [2.24, 2.45) is 11.7 Å². The molecular formula is C15H24N2O2. The van der Waals surface area contributed by atoms with Crippen LogP contribution in [0.15, 0.2) is 24.3 Å². The van der Waals surface area contributed by atoms with Gasteiger partial charge in [-0.1, -0.05) is 12.1 Å². The first-order valence-electron chi connectivity index (χ1n) is 6.50. The van der Waals surface area contributed by atoms with Gasteiger partial charge in [-0.05, 0) is 44.9 Å². The van der Waals surface area contributed by atoms with Crippen LogP contribution in [0.1, 0.15) is 26.3 Å². The fraction of sp³-hybridized carbons (Fsp3) is 0.533. The van der Waals surface area contributed by atoms with Gasteiger partial charge in [-0.2, -0.15) is 0 Å². The number of methoxy groups -OCH3 is 1. The fourth-order valence-corrected chi connectivity index (χ4v) is 1.80. The van der Waals surface area contributed by atoms with Gasteiger partial charge in [0.25, 0.3) is 0 Å². The maximum absolute atomic E-state index is 12.1.